The number of benzene rings is 1. The average molecular weight is 294 g/mol. The lowest BCUT2D eigenvalue weighted by atomic mass is 10.1. The van der Waals surface area contributed by atoms with E-state index >= 15 is 0 Å². The number of nitrogens with zero attached hydrogens (tertiary/aromatic N) is 1. The van der Waals surface area contributed by atoms with Crippen LogP contribution in [0.5, 0.6) is 5.75 Å². The fourth-order valence-electron chi connectivity index (χ4n) is 2.43. The van der Waals surface area contributed by atoms with Crippen LogP contribution in [0, 0.1) is 0 Å². The van der Waals surface area contributed by atoms with E-state index in [2.05, 4.69) is 11.8 Å². The molecule has 0 radical (unpaired) electrons. The molecule has 1 aromatic rings. The summed E-state index contributed by atoms with van der Waals surface area (Å²) < 4.78 is 10.9. The monoisotopic (exact) mass is 294 g/mol. The van der Waals surface area contributed by atoms with Gasteiger partial charge in [-0.3, -0.25) is 14.9 Å². The van der Waals surface area contributed by atoms with Gasteiger partial charge in [0.05, 0.1) is 0 Å². The number of nitrogens with one attached hydrogen (secondary N) is 1. The van der Waals surface area contributed by atoms with Crippen molar-refractivity contribution < 1.29 is 19.5 Å². The van der Waals surface area contributed by atoms with Gasteiger partial charge in [-0.25, -0.2) is 5.48 Å². The molecule has 0 bridgehead atoms. The van der Waals surface area contributed by atoms with Crippen LogP contribution in [-0.4, -0.2) is 48.9 Å². The molecule has 0 saturated carbocycles. The van der Waals surface area contributed by atoms with Crippen molar-refractivity contribution in [1.82, 2.24) is 10.4 Å². The fourth-order valence-corrected chi connectivity index (χ4v) is 2.43. The van der Waals surface area contributed by atoms with Crippen molar-refractivity contribution in [3.8, 4) is 5.75 Å². The van der Waals surface area contributed by atoms with Crippen molar-refractivity contribution >= 4 is 5.91 Å². The predicted molar refractivity (Wildman–Crippen MR) is 77.6 cm³/mol. The van der Waals surface area contributed by atoms with Crippen LogP contribution < -0.4 is 10.2 Å². The second kappa shape index (κ2) is 7.40. The Bertz CT molecular complexity index is 493. The van der Waals surface area contributed by atoms with E-state index in [0.29, 0.717) is 24.0 Å². The summed E-state index contributed by atoms with van der Waals surface area (Å²) in [4.78, 5) is 13.8. The molecular formula is C15H22N2O4. The van der Waals surface area contributed by atoms with Gasteiger partial charge in [-0.05, 0) is 25.5 Å². The van der Waals surface area contributed by atoms with E-state index in [1.54, 1.807) is 24.7 Å². The van der Waals surface area contributed by atoms with E-state index < -0.39 is 5.91 Å². The lowest BCUT2D eigenvalue weighted by molar-refractivity contribution is 0.0706. The number of hydroxylamine groups is 1. The Morgan fingerprint density at radius 1 is 1.57 bits per heavy atom. The number of fused-ring (bicyclic) bond motifs is 1. The topological polar surface area (TPSA) is 71.0 Å². The predicted octanol–water partition coefficient (Wildman–Crippen LogP) is 1.43. The van der Waals surface area contributed by atoms with Gasteiger partial charge in [-0.1, -0.05) is 6.07 Å². The van der Waals surface area contributed by atoms with Crippen LogP contribution in [0.3, 0.4) is 0 Å². The summed E-state index contributed by atoms with van der Waals surface area (Å²) >= 11 is 0. The molecule has 2 rings (SSSR count). The normalized spacial score (nSPS) is 18.5. The highest BCUT2D eigenvalue weighted by Gasteiger charge is 2.22. The van der Waals surface area contributed by atoms with Gasteiger partial charge in [0, 0.05) is 44.0 Å². The molecule has 0 spiro atoms. The third-order valence-corrected chi connectivity index (χ3v) is 3.70. The van der Waals surface area contributed by atoms with Crippen LogP contribution >= 0.6 is 0 Å². The molecule has 0 saturated heterocycles. The molecule has 1 atom stereocenters. The van der Waals surface area contributed by atoms with Gasteiger partial charge < -0.3 is 9.47 Å². The first-order valence-corrected chi connectivity index (χ1v) is 7.09. The Labute approximate surface area is 124 Å². The van der Waals surface area contributed by atoms with Crippen LogP contribution in [0.2, 0.25) is 0 Å². The number of rotatable bonds is 5. The zero-order valence-corrected chi connectivity index (χ0v) is 12.5. The Morgan fingerprint density at radius 3 is 3.10 bits per heavy atom. The number of carbonyl (C=O) groups excluding carboxylic acids is 1. The Morgan fingerprint density at radius 2 is 2.38 bits per heavy atom. The van der Waals surface area contributed by atoms with Gasteiger partial charge in [0.25, 0.3) is 5.91 Å². The molecule has 116 valence electrons. The Hall–Kier alpha value is -1.63. The molecule has 6 heteroatoms. The third kappa shape index (κ3) is 3.93. The quantitative estimate of drug-likeness (QED) is 0.488. The number of hydrogen-bond acceptors (Lipinski definition) is 5. The van der Waals surface area contributed by atoms with Crippen LogP contribution in [0.4, 0.5) is 0 Å². The molecule has 1 aromatic carbocycles. The highest BCUT2D eigenvalue weighted by atomic mass is 16.5. The van der Waals surface area contributed by atoms with Crippen LogP contribution in [-0.2, 0) is 11.3 Å². The van der Waals surface area contributed by atoms with Gasteiger partial charge in [0.15, 0.2) is 0 Å². The first-order chi connectivity index (χ1) is 10.2. The Balaban J connectivity index is 2.12. The summed E-state index contributed by atoms with van der Waals surface area (Å²) in [6.45, 7) is 5.16. The van der Waals surface area contributed by atoms with Crippen molar-refractivity contribution in [3.63, 3.8) is 0 Å². The van der Waals surface area contributed by atoms with Crippen LogP contribution in [0.25, 0.3) is 0 Å². The molecule has 0 aromatic heterocycles. The Kier molecular flexibility index (Phi) is 5.55. The minimum atomic E-state index is -0.532. The minimum absolute atomic E-state index is 0.296. The highest BCUT2D eigenvalue weighted by Crippen LogP contribution is 2.26. The van der Waals surface area contributed by atoms with Crippen molar-refractivity contribution in [2.75, 3.05) is 26.9 Å². The SMILES string of the molecule is COCCCN1Cc2ccc(C(=O)NO)cc2OC[C@@H]1C. The summed E-state index contributed by atoms with van der Waals surface area (Å²) in [6.07, 6.45) is 0.973. The summed E-state index contributed by atoms with van der Waals surface area (Å²) in [5.74, 6) is 0.174. The van der Waals surface area contributed by atoms with Gasteiger partial charge in [-0.2, -0.15) is 0 Å². The third-order valence-electron chi connectivity index (χ3n) is 3.70. The number of methoxy groups -OCH3 is 1. The van der Waals surface area contributed by atoms with Gasteiger partial charge in [-0.15, -0.1) is 0 Å². The molecule has 0 aliphatic carbocycles. The summed E-state index contributed by atoms with van der Waals surface area (Å²) in [7, 11) is 1.71. The van der Waals surface area contributed by atoms with E-state index in [0.717, 1.165) is 31.7 Å². The second-order valence-electron chi connectivity index (χ2n) is 5.24. The average Bonchev–Trinajstić information content (AvgIpc) is 2.66. The van der Waals surface area contributed by atoms with Gasteiger partial charge >= 0.3 is 0 Å². The molecule has 0 fully saturated rings. The standard InChI is InChI=1S/C15H22N2O4/c1-11-10-21-14-8-12(15(18)16-19)4-5-13(14)9-17(11)6-3-7-20-2/h4-5,8,11,19H,3,6-7,9-10H2,1-2H3,(H,16,18)/t11-/m0/s1. The maximum Gasteiger partial charge on any atom is 0.274 e. The van der Waals surface area contributed by atoms with Crippen LogP contribution in [0.15, 0.2) is 18.2 Å². The highest BCUT2D eigenvalue weighted by molar-refractivity contribution is 5.93. The van der Waals surface area contributed by atoms with Crippen molar-refractivity contribution in [1.29, 1.82) is 0 Å². The number of ether oxygens (including phenoxy) is 2. The first kappa shape index (κ1) is 15.8. The van der Waals surface area contributed by atoms with Crippen molar-refractivity contribution in [3.05, 3.63) is 29.3 Å². The molecule has 1 aliphatic heterocycles. The molecule has 21 heavy (non-hydrogen) atoms. The van der Waals surface area contributed by atoms with E-state index in [4.69, 9.17) is 14.7 Å². The first-order valence-electron chi connectivity index (χ1n) is 7.09. The van der Waals surface area contributed by atoms with Crippen molar-refractivity contribution in [2.24, 2.45) is 0 Å². The smallest absolute Gasteiger partial charge is 0.274 e. The largest absolute Gasteiger partial charge is 0.492 e. The number of amides is 1. The molecule has 1 heterocycles. The van der Waals surface area contributed by atoms with E-state index in [-0.39, 0.29) is 0 Å². The maximum absolute atomic E-state index is 11.4. The van der Waals surface area contributed by atoms with E-state index in [1.807, 2.05) is 6.07 Å². The van der Waals surface area contributed by atoms with Gasteiger partial charge in [0.2, 0.25) is 0 Å². The minimum Gasteiger partial charge on any atom is -0.492 e. The summed E-state index contributed by atoms with van der Waals surface area (Å²) in [5.41, 5.74) is 3.07. The van der Waals surface area contributed by atoms with Crippen molar-refractivity contribution in [2.45, 2.75) is 25.9 Å². The van der Waals surface area contributed by atoms with E-state index in [9.17, 15) is 4.79 Å². The lowest BCUT2D eigenvalue weighted by Crippen LogP contribution is -2.36. The number of carbonyl (C=O) groups is 1. The van der Waals surface area contributed by atoms with Gasteiger partial charge in [0.1, 0.15) is 12.4 Å². The lowest BCUT2D eigenvalue weighted by Gasteiger charge is -2.25. The van der Waals surface area contributed by atoms with Crippen LogP contribution in [0.1, 0.15) is 29.3 Å². The van der Waals surface area contributed by atoms with E-state index in [1.165, 1.54) is 0 Å². The summed E-state index contributed by atoms with van der Waals surface area (Å²) in [5, 5.41) is 8.69. The molecule has 1 aliphatic rings. The molecule has 1 amide bonds. The molecule has 2 N–H and O–H groups in total. The summed E-state index contributed by atoms with van der Waals surface area (Å²) in [6, 6.07) is 5.54. The maximum atomic E-state index is 11.4. The molecular weight excluding hydrogens is 272 g/mol. The molecule has 6 nitrogen and oxygen atoms in total. The fraction of sp³-hybridized carbons (Fsp3) is 0.533. The second-order valence-corrected chi connectivity index (χ2v) is 5.24. The zero-order valence-electron chi connectivity index (χ0n) is 12.5. The zero-order chi connectivity index (χ0) is 15.2. The molecule has 0 unspecified atom stereocenters. The number of hydrogen-bond donors (Lipinski definition) is 2.